The molecule has 1 heterocycles. The Morgan fingerprint density at radius 1 is 1.33 bits per heavy atom. The number of oxazole rings is 1. The first-order valence-electron chi connectivity index (χ1n) is 5.23. The maximum absolute atomic E-state index is 12.3. The first-order valence-corrected chi connectivity index (χ1v) is 5.23. The van der Waals surface area contributed by atoms with Crippen LogP contribution in [0.2, 0.25) is 0 Å². The summed E-state index contributed by atoms with van der Waals surface area (Å²) in [5.74, 6) is -1.05. The summed E-state index contributed by atoms with van der Waals surface area (Å²) in [5.41, 5.74) is 7.97. The minimum atomic E-state index is -4.50. The summed E-state index contributed by atoms with van der Waals surface area (Å²) in [6.07, 6.45) is -3.60. The summed E-state index contributed by atoms with van der Waals surface area (Å²) in [6, 6.07) is 5.24. The molecule has 2 aromatic rings. The molecule has 0 bridgehead atoms. The molecule has 18 heavy (non-hydrogen) atoms. The number of aromatic nitrogens is 1. The fraction of sp³-hybridized carbons (Fsp3) is 0.250. The molecule has 2 rings (SSSR count). The van der Waals surface area contributed by atoms with Gasteiger partial charge in [-0.25, -0.2) is 4.98 Å². The highest BCUT2D eigenvalue weighted by molar-refractivity contribution is 5.47. The minimum absolute atomic E-state index is 0.0338. The fourth-order valence-corrected chi connectivity index (χ4v) is 1.55. The van der Waals surface area contributed by atoms with Gasteiger partial charge in [-0.2, -0.15) is 13.2 Å². The largest absolute Gasteiger partial charge is 0.451 e. The maximum Gasteiger partial charge on any atom is 0.451 e. The molecule has 0 saturated heterocycles. The van der Waals surface area contributed by atoms with Crippen LogP contribution in [0.5, 0.6) is 0 Å². The molecular weight excluding hydrogens is 245 g/mol. The normalized spacial score (nSPS) is 11.8. The highest BCUT2D eigenvalue weighted by Gasteiger charge is 2.35. The van der Waals surface area contributed by atoms with Crippen LogP contribution in [0.1, 0.15) is 22.8 Å². The lowest BCUT2D eigenvalue weighted by Crippen LogP contribution is -2.02. The highest BCUT2D eigenvalue weighted by atomic mass is 19.4. The number of aryl methyl sites for hydroxylation is 1. The second kappa shape index (κ2) is 4.36. The second-order valence-corrected chi connectivity index (χ2v) is 3.98. The van der Waals surface area contributed by atoms with Crippen molar-refractivity contribution in [1.29, 1.82) is 0 Å². The van der Waals surface area contributed by atoms with Crippen molar-refractivity contribution in [3.05, 3.63) is 47.2 Å². The number of anilines is 1. The van der Waals surface area contributed by atoms with Crippen molar-refractivity contribution in [2.75, 3.05) is 5.73 Å². The van der Waals surface area contributed by atoms with Gasteiger partial charge in [0, 0.05) is 12.1 Å². The van der Waals surface area contributed by atoms with Crippen molar-refractivity contribution in [2.45, 2.75) is 19.5 Å². The lowest BCUT2D eigenvalue weighted by atomic mass is 10.1. The number of nitrogens with zero attached hydrogens (tertiary/aromatic N) is 1. The van der Waals surface area contributed by atoms with Gasteiger partial charge in [-0.1, -0.05) is 12.1 Å². The van der Waals surface area contributed by atoms with E-state index < -0.39 is 11.9 Å². The zero-order valence-corrected chi connectivity index (χ0v) is 9.58. The first kappa shape index (κ1) is 12.5. The molecule has 0 radical (unpaired) electrons. The Balaban J connectivity index is 2.19. The van der Waals surface area contributed by atoms with Gasteiger partial charge in [-0.05, 0) is 24.1 Å². The number of halogens is 3. The molecular formula is C12H11F3N2O. The van der Waals surface area contributed by atoms with Crippen LogP contribution in [-0.2, 0) is 12.6 Å². The molecule has 0 aliphatic rings. The van der Waals surface area contributed by atoms with E-state index in [9.17, 15) is 13.2 Å². The third kappa shape index (κ3) is 2.64. The van der Waals surface area contributed by atoms with E-state index in [4.69, 9.17) is 5.73 Å². The average Bonchev–Trinajstić information content (AvgIpc) is 2.72. The van der Waals surface area contributed by atoms with Crippen molar-refractivity contribution in [2.24, 2.45) is 0 Å². The van der Waals surface area contributed by atoms with E-state index in [1.807, 2.05) is 6.92 Å². The number of alkyl halides is 3. The monoisotopic (exact) mass is 256 g/mol. The van der Waals surface area contributed by atoms with E-state index >= 15 is 0 Å². The Bertz CT molecular complexity index is 561. The lowest BCUT2D eigenvalue weighted by Gasteiger charge is -2.03. The van der Waals surface area contributed by atoms with Crippen LogP contribution < -0.4 is 5.73 Å². The van der Waals surface area contributed by atoms with E-state index in [1.54, 1.807) is 18.2 Å². The maximum atomic E-state index is 12.3. The molecule has 0 amide bonds. The van der Waals surface area contributed by atoms with Gasteiger partial charge in [0.25, 0.3) is 0 Å². The van der Waals surface area contributed by atoms with Gasteiger partial charge in [0.2, 0.25) is 5.76 Å². The molecule has 0 unspecified atom stereocenters. The third-order valence-corrected chi connectivity index (χ3v) is 2.52. The Morgan fingerprint density at radius 3 is 2.61 bits per heavy atom. The Kier molecular flexibility index (Phi) is 3.02. The molecule has 1 aromatic heterocycles. The smallest absolute Gasteiger partial charge is 0.436 e. The van der Waals surface area contributed by atoms with Crippen molar-refractivity contribution < 1.29 is 17.6 Å². The minimum Gasteiger partial charge on any atom is -0.436 e. The Morgan fingerprint density at radius 2 is 2.06 bits per heavy atom. The summed E-state index contributed by atoms with van der Waals surface area (Å²) >= 11 is 0. The zero-order valence-electron chi connectivity index (χ0n) is 9.58. The summed E-state index contributed by atoms with van der Waals surface area (Å²) < 4.78 is 41.6. The number of hydrogen-bond donors (Lipinski definition) is 1. The zero-order chi connectivity index (χ0) is 13.3. The second-order valence-electron chi connectivity index (χ2n) is 3.98. The van der Waals surface area contributed by atoms with Gasteiger partial charge >= 0.3 is 6.18 Å². The molecule has 2 N–H and O–H groups in total. The molecule has 0 fully saturated rings. The molecule has 0 saturated carbocycles. The highest BCUT2D eigenvalue weighted by Crippen LogP contribution is 2.30. The molecule has 6 heteroatoms. The van der Waals surface area contributed by atoms with Crippen LogP contribution in [0.3, 0.4) is 0 Å². The van der Waals surface area contributed by atoms with E-state index in [0.717, 1.165) is 11.1 Å². The van der Waals surface area contributed by atoms with Crippen LogP contribution >= 0.6 is 0 Å². The van der Waals surface area contributed by atoms with Crippen molar-refractivity contribution in [3.8, 4) is 0 Å². The number of hydrogen-bond acceptors (Lipinski definition) is 3. The summed E-state index contributed by atoms with van der Waals surface area (Å²) in [7, 11) is 0. The van der Waals surface area contributed by atoms with Crippen LogP contribution in [0.15, 0.2) is 28.8 Å². The van der Waals surface area contributed by atoms with Gasteiger partial charge in [-0.3, -0.25) is 0 Å². The molecule has 3 nitrogen and oxygen atoms in total. The van der Waals surface area contributed by atoms with Crippen LogP contribution in [-0.4, -0.2) is 4.98 Å². The fourth-order valence-electron chi connectivity index (χ4n) is 1.55. The topological polar surface area (TPSA) is 52.0 Å². The number of nitrogen functional groups attached to an aromatic ring is 1. The quantitative estimate of drug-likeness (QED) is 0.839. The van der Waals surface area contributed by atoms with Gasteiger partial charge in [0.1, 0.15) is 0 Å². The lowest BCUT2D eigenvalue weighted by molar-refractivity contribution is -0.153. The van der Waals surface area contributed by atoms with E-state index in [2.05, 4.69) is 9.40 Å². The molecule has 96 valence electrons. The average molecular weight is 256 g/mol. The van der Waals surface area contributed by atoms with Crippen LogP contribution in [0, 0.1) is 6.92 Å². The Hall–Kier alpha value is -1.98. The molecule has 0 atom stereocenters. The van der Waals surface area contributed by atoms with Crippen molar-refractivity contribution in [3.63, 3.8) is 0 Å². The van der Waals surface area contributed by atoms with Gasteiger partial charge in [-0.15, -0.1) is 0 Å². The van der Waals surface area contributed by atoms with E-state index in [-0.39, 0.29) is 12.3 Å². The first-order chi connectivity index (χ1) is 8.36. The van der Waals surface area contributed by atoms with E-state index in [1.165, 1.54) is 0 Å². The summed E-state index contributed by atoms with van der Waals surface area (Å²) in [6.45, 7) is 1.83. The molecule has 1 aromatic carbocycles. The molecule has 0 aliphatic carbocycles. The summed E-state index contributed by atoms with van der Waals surface area (Å²) in [4.78, 5) is 3.61. The summed E-state index contributed by atoms with van der Waals surface area (Å²) in [5, 5.41) is 0. The van der Waals surface area contributed by atoms with Crippen molar-refractivity contribution >= 4 is 5.69 Å². The molecule has 0 aliphatic heterocycles. The number of benzene rings is 1. The van der Waals surface area contributed by atoms with Crippen molar-refractivity contribution in [1.82, 2.24) is 4.98 Å². The van der Waals surface area contributed by atoms with Crippen LogP contribution in [0.4, 0.5) is 18.9 Å². The predicted octanol–water partition coefficient (Wildman–Crippen LogP) is 3.17. The molecule has 0 spiro atoms. The van der Waals surface area contributed by atoms with Crippen LogP contribution in [0.25, 0.3) is 0 Å². The third-order valence-electron chi connectivity index (χ3n) is 2.52. The number of rotatable bonds is 2. The van der Waals surface area contributed by atoms with Gasteiger partial charge in [0.05, 0.1) is 6.20 Å². The SMILES string of the molecule is Cc1cc(Cc2ncc(C(F)(F)F)o2)ccc1N. The predicted molar refractivity (Wildman–Crippen MR) is 59.9 cm³/mol. The number of nitrogens with two attached hydrogens (primary N) is 1. The van der Waals surface area contributed by atoms with Gasteiger partial charge < -0.3 is 10.2 Å². The standard InChI is InChI=1S/C12H11F3N2O/c1-7-4-8(2-3-9(7)16)5-11-17-6-10(18-11)12(13,14)15/h2-4,6H,5,16H2,1H3. The Labute approximate surface area is 101 Å². The van der Waals surface area contributed by atoms with E-state index in [0.29, 0.717) is 11.9 Å². The van der Waals surface area contributed by atoms with Gasteiger partial charge in [0.15, 0.2) is 5.89 Å².